The molecular weight excluding hydrogens is 975 g/mol. The summed E-state index contributed by atoms with van der Waals surface area (Å²) in [4.78, 5) is 5.12. The Bertz CT molecular complexity index is 5210. The summed E-state index contributed by atoms with van der Waals surface area (Å²) >= 11 is 0. The van der Waals surface area contributed by atoms with Crippen molar-refractivity contribution in [1.82, 2.24) is 19.0 Å². The van der Waals surface area contributed by atoms with Crippen molar-refractivity contribution in [2.45, 2.75) is 6.17 Å². The summed E-state index contributed by atoms with van der Waals surface area (Å²) in [6, 6.07) is 98.8. The number of fused-ring (bicyclic) bond motifs is 13. The Morgan fingerprint density at radius 3 is 1.45 bits per heavy atom. The Kier molecular flexibility index (Phi) is 9.67. The van der Waals surface area contributed by atoms with E-state index < -0.39 is 0 Å². The number of nitrogens with one attached hydrogen (secondary N) is 1. The smallest absolute Gasteiger partial charge is 0.136 e. The van der Waals surface area contributed by atoms with Gasteiger partial charge in [-0.2, -0.15) is 0 Å². The van der Waals surface area contributed by atoms with Gasteiger partial charge in [0.05, 0.1) is 38.8 Å². The normalized spacial score (nSPS) is 13.6. The summed E-state index contributed by atoms with van der Waals surface area (Å²) in [5.41, 5.74) is 21.1. The van der Waals surface area contributed by atoms with Crippen molar-refractivity contribution in [3.8, 4) is 44.8 Å². The molecule has 16 aromatic rings. The third-order valence-corrected chi connectivity index (χ3v) is 16.7. The molecule has 4 aromatic heterocycles. The number of nitrogens with zero attached hydrogens (tertiary/aromatic N) is 4. The number of para-hydroxylation sites is 5. The maximum atomic E-state index is 6.71. The predicted molar refractivity (Wildman–Crippen MR) is 332 cm³/mol. The minimum atomic E-state index is -0.182. The number of amidine groups is 1. The standard InChI is InChI=1S/C74H47N5O/c1-4-17-46(18-5-1)73-75-63-27-13-10-25-57(63)74(76-73)79-65-29-15-12-24-56(65)59-45-51(34-39-69(59)79)54-26-16-30-71-72(54)62-44-50(35-40-70(62)80-71)49-33-38-68-61(43-49)60-42-48(32-37-67(60)78(68)53-21-8-3-9-22-53)47-31-36-66-58(41-47)55-23-11-14-28-64(55)77(66)52-19-6-2-7-20-52/h1-45,74H,(H,75,76). The molecular formula is C74H47N5O. The number of benzene rings is 12. The Hall–Kier alpha value is -10.7. The van der Waals surface area contributed by atoms with E-state index in [2.05, 4.69) is 286 Å². The zero-order valence-corrected chi connectivity index (χ0v) is 43.3. The zero-order chi connectivity index (χ0) is 52.4. The Morgan fingerprint density at radius 2 is 0.787 bits per heavy atom. The predicted octanol–water partition coefficient (Wildman–Crippen LogP) is 19.1. The molecule has 0 radical (unpaired) electrons. The van der Waals surface area contributed by atoms with Crippen molar-refractivity contribution in [3.05, 3.63) is 284 Å². The van der Waals surface area contributed by atoms with Crippen LogP contribution in [0.3, 0.4) is 0 Å². The fraction of sp³-hybridized carbons (Fsp3) is 0.0135. The second-order valence-corrected chi connectivity index (χ2v) is 21.1. The summed E-state index contributed by atoms with van der Waals surface area (Å²) in [6.07, 6.45) is -0.182. The fourth-order valence-electron chi connectivity index (χ4n) is 13.1. The van der Waals surface area contributed by atoms with Crippen LogP contribution in [-0.4, -0.2) is 19.5 Å². The number of aliphatic imine (C=N–C) groups is 1. The average Bonchev–Trinajstić information content (AvgIpc) is 4.45. The molecule has 6 nitrogen and oxygen atoms in total. The third-order valence-electron chi connectivity index (χ3n) is 16.7. The topological polar surface area (TPSA) is 52.3 Å². The molecule has 0 saturated carbocycles. The largest absolute Gasteiger partial charge is 0.456 e. The van der Waals surface area contributed by atoms with Gasteiger partial charge in [0.25, 0.3) is 0 Å². The highest BCUT2D eigenvalue weighted by molar-refractivity contribution is 6.17. The van der Waals surface area contributed by atoms with Crippen LogP contribution in [0.15, 0.2) is 282 Å². The van der Waals surface area contributed by atoms with Gasteiger partial charge in [-0.1, -0.05) is 164 Å². The lowest BCUT2D eigenvalue weighted by atomic mass is 9.96. The molecule has 0 amide bonds. The highest BCUT2D eigenvalue weighted by atomic mass is 16.3. The SMILES string of the molecule is c1ccc(C2=Nc3ccccc3C(n3c4ccccc4c4cc(-c5cccc6oc7ccc(-c8ccc9c(c8)c8cc(-c%10ccc%11c(c%10)c%10ccccc%10n%11-c%10ccccc%10)ccc8n9-c8ccccc8)cc7c56)ccc43)N2)cc1. The first kappa shape index (κ1) is 44.4. The maximum Gasteiger partial charge on any atom is 0.136 e. The monoisotopic (exact) mass is 1020 g/mol. The quantitative estimate of drug-likeness (QED) is 0.173. The van der Waals surface area contributed by atoms with E-state index in [1.807, 2.05) is 6.07 Å². The molecule has 0 saturated heterocycles. The number of rotatable bonds is 7. The van der Waals surface area contributed by atoms with E-state index in [1.165, 1.54) is 60.0 Å². The van der Waals surface area contributed by atoms with Crippen molar-refractivity contribution < 1.29 is 4.42 Å². The van der Waals surface area contributed by atoms with E-state index in [0.717, 1.165) is 94.8 Å². The molecule has 1 aliphatic heterocycles. The van der Waals surface area contributed by atoms with Gasteiger partial charge in [0.1, 0.15) is 23.2 Å². The molecule has 6 heteroatoms. The first-order chi connectivity index (χ1) is 39.7. The summed E-state index contributed by atoms with van der Waals surface area (Å²) in [5.74, 6) is 0.858. The molecule has 17 rings (SSSR count). The molecule has 0 aliphatic carbocycles. The van der Waals surface area contributed by atoms with E-state index in [0.29, 0.717) is 0 Å². The van der Waals surface area contributed by atoms with Gasteiger partial charge in [-0.15, -0.1) is 0 Å². The van der Waals surface area contributed by atoms with Gasteiger partial charge in [-0.25, -0.2) is 4.99 Å². The van der Waals surface area contributed by atoms with Gasteiger partial charge in [-0.3, -0.25) is 0 Å². The van der Waals surface area contributed by atoms with Crippen LogP contribution in [0, 0.1) is 0 Å². The maximum absolute atomic E-state index is 6.71. The number of furan rings is 1. The number of hydrogen-bond acceptors (Lipinski definition) is 3. The summed E-state index contributed by atoms with van der Waals surface area (Å²) in [5, 5.41) is 13.3. The molecule has 1 N–H and O–H groups in total. The summed E-state index contributed by atoms with van der Waals surface area (Å²) in [7, 11) is 0. The fourth-order valence-corrected chi connectivity index (χ4v) is 13.1. The zero-order valence-electron chi connectivity index (χ0n) is 43.3. The molecule has 1 atom stereocenters. The minimum absolute atomic E-state index is 0.182. The molecule has 1 aliphatic rings. The molecule has 0 spiro atoms. The van der Waals surface area contributed by atoms with Gasteiger partial charge in [0.15, 0.2) is 0 Å². The molecule has 12 aromatic carbocycles. The van der Waals surface area contributed by atoms with Crippen LogP contribution < -0.4 is 5.32 Å². The molecule has 1 unspecified atom stereocenters. The first-order valence-corrected chi connectivity index (χ1v) is 27.4. The molecule has 0 fully saturated rings. The van der Waals surface area contributed by atoms with Crippen LogP contribution in [-0.2, 0) is 0 Å². The third kappa shape index (κ3) is 6.76. The second-order valence-electron chi connectivity index (χ2n) is 21.1. The molecule has 374 valence electrons. The van der Waals surface area contributed by atoms with Crippen molar-refractivity contribution in [2.24, 2.45) is 4.99 Å². The van der Waals surface area contributed by atoms with Gasteiger partial charge in [-0.05, 0) is 143 Å². The highest BCUT2D eigenvalue weighted by Crippen LogP contribution is 2.45. The van der Waals surface area contributed by atoms with Crippen LogP contribution in [0.25, 0.3) is 132 Å². The van der Waals surface area contributed by atoms with Crippen LogP contribution >= 0.6 is 0 Å². The Morgan fingerprint density at radius 1 is 0.325 bits per heavy atom. The van der Waals surface area contributed by atoms with Crippen LogP contribution in [0.2, 0.25) is 0 Å². The van der Waals surface area contributed by atoms with Gasteiger partial charge in [0.2, 0.25) is 0 Å². The molecule has 5 heterocycles. The summed E-state index contributed by atoms with van der Waals surface area (Å²) < 4.78 is 13.9. The highest BCUT2D eigenvalue weighted by Gasteiger charge is 2.28. The average molecular weight is 1020 g/mol. The lowest BCUT2D eigenvalue weighted by molar-refractivity contribution is 0.578. The Balaban J connectivity index is 0.794. The van der Waals surface area contributed by atoms with Crippen molar-refractivity contribution in [2.75, 3.05) is 0 Å². The van der Waals surface area contributed by atoms with Crippen LogP contribution in [0.5, 0.6) is 0 Å². The molecule has 80 heavy (non-hydrogen) atoms. The van der Waals surface area contributed by atoms with Gasteiger partial charge in [0, 0.05) is 65.6 Å². The summed E-state index contributed by atoms with van der Waals surface area (Å²) in [6.45, 7) is 0. The van der Waals surface area contributed by atoms with Crippen LogP contribution in [0.1, 0.15) is 17.3 Å². The first-order valence-electron chi connectivity index (χ1n) is 27.4. The lowest BCUT2D eigenvalue weighted by Gasteiger charge is -2.29. The van der Waals surface area contributed by atoms with Crippen molar-refractivity contribution >= 4 is 98.9 Å². The van der Waals surface area contributed by atoms with E-state index >= 15 is 0 Å². The lowest BCUT2D eigenvalue weighted by Crippen LogP contribution is -2.36. The van der Waals surface area contributed by atoms with E-state index in [1.54, 1.807) is 0 Å². The van der Waals surface area contributed by atoms with Gasteiger partial charge >= 0.3 is 0 Å². The van der Waals surface area contributed by atoms with Gasteiger partial charge < -0.3 is 23.4 Å². The minimum Gasteiger partial charge on any atom is -0.456 e. The number of hydrogen-bond donors (Lipinski definition) is 1. The second kappa shape index (κ2) is 17.4. The van der Waals surface area contributed by atoms with Crippen molar-refractivity contribution in [3.63, 3.8) is 0 Å². The van der Waals surface area contributed by atoms with Crippen molar-refractivity contribution in [1.29, 1.82) is 0 Å². The van der Waals surface area contributed by atoms with E-state index in [9.17, 15) is 0 Å². The number of aromatic nitrogens is 3. The van der Waals surface area contributed by atoms with E-state index in [-0.39, 0.29) is 6.17 Å². The van der Waals surface area contributed by atoms with E-state index in [4.69, 9.17) is 9.41 Å². The Labute approximate surface area is 460 Å². The van der Waals surface area contributed by atoms with Crippen LogP contribution in [0.4, 0.5) is 5.69 Å². The molecule has 0 bridgehead atoms.